The van der Waals surface area contributed by atoms with Gasteiger partial charge in [-0.15, -0.1) is 0 Å². The molecule has 13 heavy (non-hydrogen) atoms. The third-order valence-electron chi connectivity index (χ3n) is 2.63. The van der Waals surface area contributed by atoms with Crippen LogP contribution >= 0.6 is 0 Å². The van der Waals surface area contributed by atoms with Crippen LogP contribution in [-0.4, -0.2) is 34.5 Å². The van der Waals surface area contributed by atoms with Gasteiger partial charge in [-0.05, 0) is 19.8 Å². The highest BCUT2D eigenvalue weighted by Crippen LogP contribution is 2.22. The van der Waals surface area contributed by atoms with Gasteiger partial charge in [-0.3, -0.25) is 9.59 Å². The lowest BCUT2D eigenvalue weighted by Gasteiger charge is -2.35. The van der Waals surface area contributed by atoms with Crippen LogP contribution in [-0.2, 0) is 9.59 Å². The van der Waals surface area contributed by atoms with E-state index in [0.29, 0.717) is 19.4 Å². The summed E-state index contributed by atoms with van der Waals surface area (Å²) in [6.45, 7) is 4.00. The van der Waals surface area contributed by atoms with Crippen LogP contribution in [0.5, 0.6) is 0 Å². The summed E-state index contributed by atoms with van der Waals surface area (Å²) in [6, 6.07) is 0.0624. The molecule has 0 bridgehead atoms. The van der Waals surface area contributed by atoms with Crippen LogP contribution in [0.1, 0.15) is 26.7 Å². The first-order valence-corrected chi connectivity index (χ1v) is 4.52. The topological polar surface area (TPSA) is 57.6 Å². The van der Waals surface area contributed by atoms with E-state index >= 15 is 0 Å². The number of carboxylic acid groups (broad SMARTS) is 1. The minimum absolute atomic E-state index is 0.0383. The van der Waals surface area contributed by atoms with Gasteiger partial charge in [-0.25, -0.2) is 0 Å². The first-order chi connectivity index (χ1) is 6.02. The van der Waals surface area contributed by atoms with Crippen molar-refractivity contribution in [1.29, 1.82) is 0 Å². The van der Waals surface area contributed by atoms with Crippen LogP contribution < -0.4 is 0 Å². The molecule has 1 N–H and O–H groups in total. The van der Waals surface area contributed by atoms with Crippen LogP contribution in [0.2, 0.25) is 0 Å². The maximum atomic E-state index is 11.1. The van der Waals surface area contributed by atoms with E-state index in [-0.39, 0.29) is 17.9 Å². The molecular formula is C9H15NO3. The summed E-state index contributed by atoms with van der Waals surface area (Å²) in [6.07, 6.45) is 1.16. The predicted molar refractivity (Wildman–Crippen MR) is 47.2 cm³/mol. The maximum Gasteiger partial charge on any atom is 0.306 e. The molecule has 0 unspecified atom stereocenters. The Hall–Kier alpha value is -1.06. The average molecular weight is 185 g/mol. The minimum Gasteiger partial charge on any atom is -0.481 e. The summed E-state index contributed by atoms with van der Waals surface area (Å²) >= 11 is 0. The molecule has 0 aliphatic carbocycles. The first kappa shape index (κ1) is 10.0. The lowest BCUT2D eigenvalue weighted by molar-refractivity contribution is -0.146. The molecule has 1 rings (SSSR count). The minimum atomic E-state index is -0.741. The summed E-state index contributed by atoms with van der Waals surface area (Å²) < 4.78 is 0. The average Bonchev–Trinajstić information content (AvgIpc) is 2.03. The molecule has 4 heteroatoms. The quantitative estimate of drug-likeness (QED) is 0.654. The maximum absolute atomic E-state index is 11.1. The largest absolute Gasteiger partial charge is 0.481 e. The number of carbonyl (C=O) groups is 2. The molecule has 74 valence electrons. The fraction of sp³-hybridized carbons (Fsp3) is 0.778. The van der Waals surface area contributed by atoms with Gasteiger partial charge in [0, 0.05) is 19.5 Å². The van der Waals surface area contributed by atoms with Crippen molar-refractivity contribution >= 4 is 11.9 Å². The zero-order chi connectivity index (χ0) is 10.0. The monoisotopic (exact) mass is 185 g/mol. The van der Waals surface area contributed by atoms with E-state index in [1.165, 1.54) is 6.92 Å². The fourth-order valence-electron chi connectivity index (χ4n) is 1.86. The Labute approximate surface area is 77.5 Å². The van der Waals surface area contributed by atoms with Crippen molar-refractivity contribution in [2.75, 3.05) is 6.54 Å². The molecule has 0 saturated carbocycles. The Morgan fingerprint density at radius 3 is 2.46 bits per heavy atom. The van der Waals surface area contributed by atoms with Gasteiger partial charge in [0.25, 0.3) is 0 Å². The van der Waals surface area contributed by atoms with Crippen molar-refractivity contribution in [3.63, 3.8) is 0 Å². The summed E-state index contributed by atoms with van der Waals surface area (Å²) in [5.74, 6) is -0.975. The second-order valence-electron chi connectivity index (χ2n) is 3.62. The van der Waals surface area contributed by atoms with Crippen LogP contribution in [0.3, 0.4) is 0 Å². The van der Waals surface area contributed by atoms with E-state index in [4.69, 9.17) is 5.11 Å². The van der Waals surface area contributed by atoms with Gasteiger partial charge in [0.05, 0.1) is 5.92 Å². The van der Waals surface area contributed by atoms with E-state index in [0.717, 1.165) is 0 Å². The second kappa shape index (κ2) is 3.77. The highest BCUT2D eigenvalue weighted by molar-refractivity contribution is 5.75. The van der Waals surface area contributed by atoms with Gasteiger partial charge in [0.2, 0.25) is 5.91 Å². The van der Waals surface area contributed by atoms with E-state index < -0.39 is 5.97 Å². The van der Waals surface area contributed by atoms with Gasteiger partial charge >= 0.3 is 5.97 Å². The van der Waals surface area contributed by atoms with Crippen molar-refractivity contribution < 1.29 is 14.7 Å². The Bertz CT molecular complexity index is 227. The highest BCUT2D eigenvalue weighted by atomic mass is 16.4. The third kappa shape index (κ3) is 2.20. The molecule has 2 atom stereocenters. The van der Waals surface area contributed by atoms with Crippen LogP contribution in [0.4, 0.5) is 0 Å². The molecule has 1 aliphatic rings. The van der Waals surface area contributed by atoms with Gasteiger partial charge in [0.1, 0.15) is 0 Å². The molecule has 0 aromatic carbocycles. The van der Waals surface area contributed by atoms with Gasteiger partial charge in [-0.2, -0.15) is 0 Å². The molecular weight excluding hydrogens is 170 g/mol. The normalized spacial score (nSPS) is 28.6. The zero-order valence-corrected chi connectivity index (χ0v) is 7.99. The van der Waals surface area contributed by atoms with Crippen molar-refractivity contribution in [3.05, 3.63) is 0 Å². The van der Waals surface area contributed by atoms with Crippen molar-refractivity contribution in [2.45, 2.75) is 32.7 Å². The second-order valence-corrected chi connectivity index (χ2v) is 3.62. The van der Waals surface area contributed by atoms with Crippen molar-refractivity contribution in [1.82, 2.24) is 4.90 Å². The lowest BCUT2D eigenvalue weighted by Crippen LogP contribution is -2.45. The van der Waals surface area contributed by atoms with Crippen LogP contribution in [0.15, 0.2) is 0 Å². The Kier molecular flexibility index (Phi) is 2.90. The predicted octanol–water partition coefficient (Wildman–Crippen LogP) is 0.718. The molecule has 0 aromatic rings. The van der Waals surface area contributed by atoms with Crippen LogP contribution in [0, 0.1) is 5.92 Å². The highest BCUT2D eigenvalue weighted by Gasteiger charge is 2.30. The molecule has 0 radical (unpaired) electrons. The number of amides is 1. The number of carbonyl (C=O) groups excluding carboxylic acids is 1. The lowest BCUT2D eigenvalue weighted by atomic mass is 9.92. The molecule has 1 saturated heterocycles. The Morgan fingerprint density at radius 1 is 1.46 bits per heavy atom. The SMILES string of the molecule is CC(=O)N1CC[C@H](C(=O)O)C[C@@H]1C. The summed E-state index contributed by atoms with van der Waals surface area (Å²) in [4.78, 5) is 23.5. The number of hydrogen-bond acceptors (Lipinski definition) is 2. The zero-order valence-electron chi connectivity index (χ0n) is 7.99. The molecule has 0 aromatic heterocycles. The van der Waals surface area contributed by atoms with Gasteiger partial charge in [-0.1, -0.05) is 0 Å². The number of rotatable bonds is 1. The van der Waals surface area contributed by atoms with E-state index in [1.54, 1.807) is 4.90 Å². The number of carboxylic acids is 1. The molecule has 1 aliphatic heterocycles. The van der Waals surface area contributed by atoms with Gasteiger partial charge in [0.15, 0.2) is 0 Å². The molecule has 1 fully saturated rings. The summed E-state index contributed by atoms with van der Waals surface area (Å²) in [5, 5.41) is 8.78. The van der Waals surface area contributed by atoms with Crippen molar-refractivity contribution in [2.24, 2.45) is 5.92 Å². The molecule has 1 heterocycles. The van der Waals surface area contributed by atoms with Crippen molar-refractivity contribution in [3.8, 4) is 0 Å². The van der Waals surface area contributed by atoms with Gasteiger partial charge < -0.3 is 10.0 Å². The smallest absolute Gasteiger partial charge is 0.306 e. The van der Waals surface area contributed by atoms with Crippen LogP contribution in [0.25, 0.3) is 0 Å². The fourth-order valence-corrected chi connectivity index (χ4v) is 1.86. The Balaban J connectivity index is 2.56. The molecule has 1 amide bonds. The standard InChI is InChI=1S/C9H15NO3/c1-6-5-8(9(12)13)3-4-10(6)7(2)11/h6,8H,3-5H2,1-2H3,(H,12,13)/t6-,8-/m0/s1. The Morgan fingerprint density at radius 2 is 2.08 bits per heavy atom. The summed E-state index contributed by atoms with van der Waals surface area (Å²) in [7, 11) is 0. The van der Waals surface area contributed by atoms with E-state index in [1.807, 2.05) is 6.92 Å². The molecule has 4 nitrogen and oxygen atoms in total. The summed E-state index contributed by atoms with van der Waals surface area (Å²) in [5.41, 5.74) is 0. The number of piperidine rings is 1. The first-order valence-electron chi connectivity index (χ1n) is 4.52. The number of nitrogens with zero attached hydrogens (tertiary/aromatic N) is 1. The molecule has 0 spiro atoms. The van der Waals surface area contributed by atoms with E-state index in [9.17, 15) is 9.59 Å². The number of hydrogen-bond donors (Lipinski definition) is 1. The number of likely N-dealkylation sites (tertiary alicyclic amines) is 1. The number of aliphatic carboxylic acids is 1. The third-order valence-corrected chi connectivity index (χ3v) is 2.63. The van der Waals surface area contributed by atoms with E-state index in [2.05, 4.69) is 0 Å².